The van der Waals surface area contributed by atoms with Crippen LogP contribution in [-0.4, -0.2) is 19.3 Å². The predicted octanol–water partition coefficient (Wildman–Crippen LogP) is 3.30. The van der Waals surface area contributed by atoms with Crippen LogP contribution >= 0.6 is 15.9 Å². The Morgan fingerprint density at radius 3 is 2.50 bits per heavy atom. The van der Waals surface area contributed by atoms with Crippen molar-refractivity contribution in [3.05, 3.63) is 22.2 Å². The SMILES string of the molecule is CCCC(O)c1ccc(OC)c(OC)c1Br. The normalized spacial score (nSPS) is 12.3. The number of methoxy groups -OCH3 is 2. The standard InChI is InChI=1S/C12H17BrO3/c1-4-5-9(14)8-6-7-10(15-2)12(16-3)11(8)13/h6-7,9,14H,4-5H2,1-3H3. The topological polar surface area (TPSA) is 38.7 Å². The molecule has 0 fully saturated rings. The van der Waals surface area contributed by atoms with Crippen LogP contribution in [0.25, 0.3) is 0 Å². The summed E-state index contributed by atoms with van der Waals surface area (Å²) < 4.78 is 11.2. The predicted molar refractivity (Wildman–Crippen MR) is 67.1 cm³/mol. The number of hydrogen-bond acceptors (Lipinski definition) is 3. The van der Waals surface area contributed by atoms with Crippen LogP contribution in [0.2, 0.25) is 0 Å². The van der Waals surface area contributed by atoms with Gasteiger partial charge in [-0.25, -0.2) is 0 Å². The Morgan fingerprint density at radius 1 is 1.31 bits per heavy atom. The zero-order chi connectivity index (χ0) is 12.1. The summed E-state index contributed by atoms with van der Waals surface area (Å²) in [7, 11) is 3.17. The van der Waals surface area contributed by atoms with Crippen LogP contribution in [0.1, 0.15) is 31.4 Å². The molecule has 0 saturated heterocycles. The number of hydrogen-bond donors (Lipinski definition) is 1. The van der Waals surface area contributed by atoms with Crippen LogP contribution in [0.15, 0.2) is 16.6 Å². The summed E-state index contributed by atoms with van der Waals surface area (Å²) in [6.07, 6.45) is 1.19. The fourth-order valence-electron chi connectivity index (χ4n) is 1.59. The Hall–Kier alpha value is -0.740. The zero-order valence-corrected chi connectivity index (χ0v) is 11.4. The molecule has 1 N–H and O–H groups in total. The van der Waals surface area contributed by atoms with Gasteiger partial charge in [0, 0.05) is 0 Å². The highest BCUT2D eigenvalue weighted by molar-refractivity contribution is 9.10. The molecular formula is C12H17BrO3. The van der Waals surface area contributed by atoms with E-state index in [9.17, 15) is 5.11 Å². The maximum Gasteiger partial charge on any atom is 0.175 e. The van der Waals surface area contributed by atoms with Gasteiger partial charge in [-0.3, -0.25) is 0 Å². The van der Waals surface area contributed by atoms with E-state index in [1.807, 2.05) is 13.0 Å². The van der Waals surface area contributed by atoms with Crippen molar-refractivity contribution < 1.29 is 14.6 Å². The number of aliphatic hydroxyl groups is 1. The highest BCUT2D eigenvalue weighted by Gasteiger charge is 2.17. The minimum absolute atomic E-state index is 0.473. The quantitative estimate of drug-likeness (QED) is 0.904. The Bertz CT molecular complexity index is 352. The van der Waals surface area contributed by atoms with Gasteiger partial charge in [0.05, 0.1) is 24.8 Å². The summed E-state index contributed by atoms with van der Waals surface area (Å²) >= 11 is 3.44. The molecule has 4 heteroatoms. The van der Waals surface area contributed by atoms with Gasteiger partial charge in [0.1, 0.15) is 0 Å². The number of benzene rings is 1. The number of halogens is 1. The van der Waals surface area contributed by atoms with Gasteiger partial charge in [-0.05, 0) is 34.0 Å². The molecule has 0 aliphatic heterocycles. The smallest absolute Gasteiger partial charge is 0.175 e. The number of ether oxygens (including phenoxy) is 2. The first-order valence-corrected chi connectivity index (χ1v) is 6.03. The van der Waals surface area contributed by atoms with E-state index < -0.39 is 6.10 Å². The lowest BCUT2D eigenvalue weighted by molar-refractivity contribution is 0.165. The monoisotopic (exact) mass is 288 g/mol. The molecule has 0 aliphatic carbocycles. The molecule has 0 aliphatic rings. The van der Waals surface area contributed by atoms with Gasteiger partial charge in [0.2, 0.25) is 0 Å². The molecule has 90 valence electrons. The third-order valence-electron chi connectivity index (χ3n) is 2.44. The molecule has 0 amide bonds. The largest absolute Gasteiger partial charge is 0.493 e. The molecule has 0 aromatic heterocycles. The third kappa shape index (κ3) is 2.68. The molecule has 1 unspecified atom stereocenters. The summed E-state index contributed by atoms with van der Waals surface area (Å²) in [6, 6.07) is 3.66. The molecule has 1 aromatic carbocycles. The first kappa shape index (κ1) is 13.3. The van der Waals surface area contributed by atoms with Crippen molar-refractivity contribution in [2.24, 2.45) is 0 Å². The van der Waals surface area contributed by atoms with E-state index in [-0.39, 0.29) is 0 Å². The Kier molecular flexibility index (Phi) is 5.09. The number of rotatable bonds is 5. The summed E-state index contributed by atoms with van der Waals surface area (Å²) in [5.74, 6) is 1.27. The van der Waals surface area contributed by atoms with Crippen LogP contribution in [0.5, 0.6) is 11.5 Å². The van der Waals surface area contributed by atoms with Crippen molar-refractivity contribution >= 4 is 15.9 Å². The van der Waals surface area contributed by atoms with Gasteiger partial charge in [0.15, 0.2) is 11.5 Å². The van der Waals surface area contributed by atoms with Gasteiger partial charge in [-0.1, -0.05) is 19.4 Å². The summed E-state index contributed by atoms with van der Waals surface area (Å²) in [4.78, 5) is 0. The van der Waals surface area contributed by atoms with Gasteiger partial charge in [-0.2, -0.15) is 0 Å². The molecule has 0 radical (unpaired) electrons. The van der Waals surface area contributed by atoms with Crippen molar-refractivity contribution in [2.75, 3.05) is 14.2 Å². The van der Waals surface area contributed by atoms with Crippen LogP contribution in [0, 0.1) is 0 Å². The van der Waals surface area contributed by atoms with E-state index in [0.717, 1.165) is 22.9 Å². The van der Waals surface area contributed by atoms with Crippen molar-refractivity contribution in [1.29, 1.82) is 0 Å². The average Bonchev–Trinajstić information content (AvgIpc) is 2.28. The molecular weight excluding hydrogens is 272 g/mol. The van der Waals surface area contributed by atoms with Crippen LogP contribution < -0.4 is 9.47 Å². The fourth-order valence-corrected chi connectivity index (χ4v) is 2.34. The van der Waals surface area contributed by atoms with Gasteiger partial charge >= 0.3 is 0 Å². The third-order valence-corrected chi connectivity index (χ3v) is 3.25. The maximum atomic E-state index is 9.96. The van der Waals surface area contributed by atoms with Crippen LogP contribution in [0.3, 0.4) is 0 Å². The molecule has 0 bridgehead atoms. The van der Waals surface area contributed by atoms with E-state index in [4.69, 9.17) is 9.47 Å². The molecule has 1 rings (SSSR count). The summed E-state index contributed by atoms with van der Waals surface area (Å²) in [5, 5.41) is 9.96. The van der Waals surface area contributed by atoms with Gasteiger partial charge in [-0.15, -0.1) is 0 Å². The van der Waals surface area contributed by atoms with E-state index in [1.165, 1.54) is 0 Å². The lowest BCUT2D eigenvalue weighted by atomic mass is 10.0. The fraction of sp³-hybridized carbons (Fsp3) is 0.500. The maximum absolute atomic E-state index is 9.96. The second-order valence-electron chi connectivity index (χ2n) is 3.51. The second kappa shape index (κ2) is 6.11. The summed E-state index contributed by atoms with van der Waals surface area (Å²) in [6.45, 7) is 2.04. The molecule has 16 heavy (non-hydrogen) atoms. The lowest BCUT2D eigenvalue weighted by Gasteiger charge is -2.16. The molecule has 0 spiro atoms. The first-order valence-electron chi connectivity index (χ1n) is 5.24. The first-order chi connectivity index (χ1) is 7.65. The van der Waals surface area contributed by atoms with Crippen molar-refractivity contribution in [3.8, 4) is 11.5 Å². The molecule has 0 saturated carbocycles. The molecule has 3 nitrogen and oxygen atoms in total. The van der Waals surface area contributed by atoms with Gasteiger partial charge < -0.3 is 14.6 Å². The van der Waals surface area contributed by atoms with Crippen molar-refractivity contribution in [3.63, 3.8) is 0 Å². The van der Waals surface area contributed by atoms with Crippen LogP contribution in [-0.2, 0) is 0 Å². The number of aliphatic hydroxyl groups excluding tert-OH is 1. The van der Waals surface area contributed by atoms with E-state index >= 15 is 0 Å². The summed E-state index contributed by atoms with van der Waals surface area (Å²) in [5.41, 5.74) is 0.833. The minimum Gasteiger partial charge on any atom is -0.493 e. The highest BCUT2D eigenvalue weighted by atomic mass is 79.9. The molecule has 1 aromatic rings. The molecule has 1 atom stereocenters. The van der Waals surface area contributed by atoms with Crippen molar-refractivity contribution in [1.82, 2.24) is 0 Å². The Balaban J connectivity index is 3.13. The van der Waals surface area contributed by atoms with E-state index in [1.54, 1.807) is 20.3 Å². The van der Waals surface area contributed by atoms with Crippen molar-refractivity contribution in [2.45, 2.75) is 25.9 Å². The second-order valence-corrected chi connectivity index (χ2v) is 4.30. The van der Waals surface area contributed by atoms with E-state index in [2.05, 4.69) is 15.9 Å². The molecule has 0 heterocycles. The van der Waals surface area contributed by atoms with E-state index in [0.29, 0.717) is 11.5 Å². The Labute approximate surface area is 105 Å². The Morgan fingerprint density at radius 2 is 2.00 bits per heavy atom. The highest BCUT2D eigenvalue weighted by Crippen LogP contribution is 2.40. The van der Waals surface area contributed by atoms with Gasteiger partial charge in [0.25, 0.3) is 0 Å². The minimum atomic E-state index is -0.473. The zero-order valence-electron chi connectivity index (χ0n) is 9.79. The van der Waals surface area contributed by atoms with Crippen LogP contribution in [0.4, 0.5) is 0 Å². The lowest BCUT2D eigenvalue weighted by Crippen LogP contribution is -2.01. The average molecular weight is 289 g/mol.